The minimum atomic E-state index is -0.869. The first-order chi connectivity index (χ1) is 6.91. The zero-order chi connectivity index (χ0) is 11.6. The van der Waals surface area contributed by atoms with Gasteiger partial charge in [0.15, 0.2) is 5.78 Å². The molecule has 1 heterocycles. The predicted molar refractivity (Wildman–Crippen MR) is 53.7 cm³/mol. The van der Waals surface area contributed by atoms with Crippen LogP contribution in [0.5, 0.6) is 0 Å². The van der Waals surface area contributed by atoms with Crippen LogP contribution in [-0.2, 0) is 14.4 Å². The van der Waals surface area contributed by atoms with Crippen LogP contribution >= 0.6 is 0 Å². The van der Waals surface area contributed by atoms with E-state index in [0.717, 1.165) is 0 Å². The van der Waals surface area contributed by atoms with Gasteiger partial charge in [-0.05, 0) is 12.3 Å². The van der Waals surface area contributed by atoms with E-state index in [9.17, 15) is 14.4 Å². The smallest absolute Gasteiger partial charge is 0.237 e. The van der Waals surface area contributed by atoms with Crippen molar-refractivity contribution < 1.29 is 14.4 Å². The molecule has 1 fully saturated rings. The summed E-state index contributed by atoms with van der Waals surface area (Å²) in [7, 11) is 0. The van der Waals surface area contributed by atoms with Gasteiger partial charge in [-0.25, -0.2) is 0 Å². The molecule has 3 N–H and O–H groups in total. The molecule has 0 radical (unpaired) electrons. The predicted octanol–water partition coefficient (Wildman–Crippen LogP) is -0.408. The fourth-order valence-electron chi connectivity index (χ4n) is 1.67. The molecule has 0 saturated carbocycles. The molecule has 0 spiro atoms. The zero-order valence-electron chi connectivity index (χ0n) is 8.95. The summed E-state index contributed by atoms with van der Waals surface area (Å²) in [6, 6.07) is -0.647. The molecule has 84 valence electrons. The van der Waals surface area contributed by atoms with Crippen LogP contribution in [0.4, 0.5) is 0 Å². The van der Waals surface area contributed by atoms with E-state index in [1.54, 1.807) is 0 Å². The number of carbonyl (C=O) groups excluding carboxylic acids is 3. The molecule has 5 heteroatoms. The van der Waals surface area contributed by atoms with Gasteiger partial charge in [0.25, 0.3) is 0 Å². The lowest BCUT2D eigenvalue weighted by atomic mass is 9.92. The van der Waals surface area contributed by atoms with Gasteiger partial charge in [0.1, 0.15) is 5.92 Å². The van der Waals surface area contributed by atoms with E-state index in [2.05, 4.69) is 5.32 Å². The first kappa shape index (κ1) is 11.8. The third-order valence-electron chi connectivity index (χ3n) is 2.40. The molecular formula is C10H16N2O3. The number of nitrogens with two attached hydrogens (primary N) is 1. The highest BCUT2D eigenvalue weighted by Gasteiger charge is 2.38. The van der Waals surface area contributed by atoms with Gasteiger partial charge in [-0.1, -0.05) is 13.8 Å². The molecular weight excluding hydrogens is 196 g/mol. The van der Waals surface area contributed by atoms with Gasteiger partial charge in [-0.2, -0.15) is 0 Å². The largest absolute Gasteiger partial charge is 0.321 e. The molecule has 1 saturated heterocycles. The fraction of sp³-hybridized carbons (Fsp3) is 0.700. The van der Waals surface area contributed by atoms with Gasteiger partial charge in [-0.3, -0.25) is 19.7 Å². The van der Waals surface area contributed by atoms with E-state index < -0.39 is 23.8 Å². The molecule has 2 unspecified atom stereocenters. The first-order valence-corrected chi connectivity index (χ1v) is 5.04. The van der Waals surface area contributed by atoms with E-state index in [1.165, 1.54) is 0 Å². The third kappa shape index (κ3) is 2.86. The molecule has 1 rings (SSSR count). The van der Waals surface area contributed by atoms with Crippen LogP contribution in [0.15, 0.2) is 0 Å². The fourth-order valence-corrected chi connectivity index (χ4v) is 1.67. The van der Waals surface area contributed by atoms with Crippen LogP contribution in [0, 0.1) is 11.8 Å². The molecule has 0 bridgehead atoms. The third-order valence-corrected chi connectivity index (χ3v) is 2.40. The number of rotatable bonds is 4. The van der Waals surface area contributed by atoms with Crippen LogP contribution in [0.3, 0.4) is 0 Å². The molecule has 0 aromatic heterocycles. The Morgan fingerprint density at radius 1 is 1.53 bits per heavy atom. The minimum absolute atomic E-state index is 0.0521. The van der Waals surface area contributed by atoms with E-state index in [4.69, 9.17) is 5.73 Å². The SMILES string of the molecule is CC(C)CC(N)C(=O)C1CC(=O)NC1=O. The number of carbonyl (C=O) groups is 3. The van der Waals surface area contributed by atoms with Crippen LogP contribution in [0.25, 0.3) is 0 Å². The summed E-state index contributed by atoms with van der Waals surface area (Å²) >= 11 is 0. The van der Waals surface area contributed by atoms with Crippen molar-refractivity contribution in [1.29, 1.82) is 0 Å². The Bertz CT molecular complexity index is 299. The summed E-state index contributed by atoms with van der Waals surface area (Å²) in [5, 5.41) is 2.10. The summed E-state index contributed by atoms with van der Waals surface area (Å²) in [6.45, 7) is 3.90. The number of Topliss-reactive ketones (excluding diaryl/α,β-unsaturated/α-hetero) is 1. The van der Waals surface area contributed by atoms with Crippen LogP contribution < -0.4 is 11.1 Å². The van der Waals surface area contributed by atoms with Crippen molar-refractivity contribution in [3.63, 3.8) is 0 Å². The number of hydrogen-bond acceptors (Lipinski definition) is 4. The van der Waals surface area contributed by atoms with Gasteiger partial charge in [-0.15, -0.1) is 0 Å². The van der Waals surface area contributed by atoms with E-state index in [-0.39, 0.29) is 12.2 Å². The maximum absolute atomic E-state index is 11.7. The van der Waals surface area contributed by atoms with Gasteiger partial charge in [0, 0.05) is 6.42 Å². The average molecular weight is 212 g/mol. The second kappa shape index (κ2) is 4.53. The molecule has 5 nitrogen and oxygen atoms in total. The van der Waals surface area contributed by atoms with Crippen molar-refractivity contribution in [2.45, 2.75) is 32.7 Å². The number of ketones is 1. The maximum atomic E-state index is 11.7. The monoisotopic (exact) mass is 212 g/mol. The summed E-state index contributed by atoms with van der Waals surface area (Å²) in [5.74, 6) is -1.80. The van der Waals surface area contributed by atoms with Crippen LogP contribution in [0.2, 0.25) is 0 Å². The second-order valence-corrected chi connectivity index (χ2v) is 4.31. The Labute approximate surface area is 88.4 Å². The normalized spacial score (nSPS) is 23.1. The van der Waals surface area contributed by atoms with Gasteiger partial charge in [0.05, 0.1) is 6.04 Å². The van der Waals surface area contributed by atoms with E-state index in [0.29, 0.717) is 12.3 Å². The molecule has 2 atom stereocenters. The molecule has 1 aliphatic rings. The molecule has 1 aliphatic heterocycles. The first-order valence-electron chi connectivity index (χ1n) is 5.04. The average Bonchev–Trinajstić information content (AvgIpc) is 2.42. The Morgan fingerprint density at radius 3 is 2.53 bits per heavy atom. The van der Waals surface area contributed by atoms with Crippen molar-refractivity contribution in [2.75, 3.05) is 0 Å². The second-order valence-electron chi connectivity index (χ2n) is 4.31. The highest BCUT2D eigenvalue weighted by Crippen LogP contribution is 2.16. The Kier molecular flexibility index (Phi) is 3.57. The molecule has 0 aliphatic carbocycles. The maximum Gasteiger partial charge on any atom is 0.237 e. The lowest BCUT2D eigenvalue weighted by molar-refractivity contribution is -0.132. The van der Waals surface area contributed by atoms with Crippen molar-refractivity contribution in [1.82, 2.24) is 5.32 Å². The number of imide groups is 1. The lowest BCUT2D eigenvalue weighted by Gasteiger charge is -2.14. The van der Waals surface area contributed by atoms with Crippen LogP contribution in [0.1, 0.15) is 26.7 Å². The quantitative estimate of drug-likeness (QED) is 0.490. The molecule has 15 heavy (non-hydrogen) atoms. The lowest BCUT2D eigenvalue weighted by Crippen LogP contribution is -2.39. The summed E-state index contributed by atoms with van der Waals surface area (Å²) in [4.78, 5) is 33.8. The summed E-state index contributed by atoms with van der Waals surface area (Å²) in [6.07, 6.45) is 0.486. The van der Waals surface area contributed by atoms with Gasteiger partial charge in [0.2, 0.25) is 11.8 Å². The standard InChI is InChI=1S/C10H16N2O3/c1-5(2)3-7(11)9(14)6-4-8(13)12-10(6)15/h5-7H,3-4,11H2,1-2H3,(H,12,13,15). The molecule has 0 aromatic carbocycles. The number of nitrogens with one attached hydrogen (secondary N) is 1. The van der Waals surface area contributed by atoms with Crippen molar-refractivity contribution >= 4 is 17.6 Å². The van der Waals surface area contributed by atoms with E-state index in [1.807, 2.05) is 13.8 Å². The minimum Gasteiger partial charge on any atom is -0.321 e. The Morgan fingerprint density at radius 2 is 2.13 bits per heavy atom. The zero-order valence-corrected chi connectivity index (χ0v) is 8.95. The van der Waals surface area contributed by atoms with Crippen molar-refractivity contribution in [3.8, 4) is 0 Å². The van der Waals surface area contributed by atoms with Crippen LogP contribution in [-0.4, -0.2) is 23.6 Å². The number of amides is 2. The Hall–Kier alpha value is -1.23. The Balaban J connectivity index is 2.60. The van der Waals surface area contributed by atoms with Gasteiger partial charge < -0.3 is 5.73 Å². The van der Waals surface area contributed by atoms with Crippen molar-refractivity contribution in [2.24, 2.45) is 17.6 Å². The number of hydrogen-bond donors (Lipinski definition) is 2. The molecule has 0 aromatic rings. The van der Waals surface area contributed by atoms with Crippen molar-refractivity contribution in [3.05, 3.63) is 0 Å². The summed E-state index contributed by atoms with van der Waals surface area (Å²) < 4.78 is 0. The summed E-state index contributed by atoms with van der Waals surface area (Å²) in [5.41, 5.74) is 5.66. The topological polar surface area (TPSA) is 89.3 Å². The molecule has 2 amide bonds. The van der Waals surface area contributed by atoms with Gasteiger partial charge >= 0.3 is 0 Å². The highest BCUT2D eigenvalue weighted by molar-refractivity contribution is 6.15. The van der Waals surface area contributed by atoms with E-state index >= 15 is 0 Å². The highest BCUT2D eigenvalue weighted by atomic mass is 16.2.